The molecule has 63 heavy (non-hydrogen) atoms. The molecule has 0 aliphatic carbocycles. The zero-order valence-corrected chi connectivity index (χ0v) is 34.9. The number of imide groups is 2. The maximum atomic E-state index is 13.7. The van der Waals surface area contributed by atoms with Gasteiger partial charge in [-0.05, 0) is 99.2 Å². The van der Waals surface area contributed by atoms with Crippen LogP contribution < -0.4 is 20.7 Å². The lowest BCUT2D eigenvalue weighted by Crippen LogP contribution is -2.54. The Morgan fingerprint density at radius 1 is 0.778 bits per heavy atom. The quantitative estimate of drug-likeness (QED) is 0.207. The zero-order valence-electron chi connectivity index (χ0n) is 34.9. The van der Waals surface area contributed by atoms with Gasteiger partial charge in [0, 0.05) is 70.0 Å². The minimum atomic E-state index is -1.01. The van der Waals surface area contributed by atoms with E-state index in [0.29, 0.717) is 51.0 Å². The molecule has 10 rings (SSSR count). The molecule has 0 radical (unpaired) electrons. The van der Waals surface area contributed by atoms with Gasteiger partial charge in [0.15, 0.2) is 5.65 Å². The number of likely N-dealkylation sites (tertiary alicyclic amines) is 2. The fourth-order valence-corrected chi connectivity index (χ4v) is 9.84. The molecule has 2 atom stereocenters. The number of nitrogens with two attached hydrogens (primary N) is 1. The van der Waals surface area contributed by atoms with Gasteiger partial charge in [-0.1, -0.05) is 18.2 Å². The Balaban J connectivity index is 0.723. The molecule has 3 N–H and O–H groups in total. The third-order valence-corrected chi connectivity index (χ3v) is 13.2. The number of urea groups is 1. The summed E-state index contributed by atoms with van der Waals surface area (Å²) >= 11 is 0. The summed E-state index contributed by atoms with van der Waals surface area (Å²) in [5, 5.41) is 8.13. The molecule has 17 heteroatoms. The molecule has 4 saturated heterocycles. The van der Waals surface area contributed by atoms with E-state index >= 15 is 0 Å². The van der Waals surface area contributed by atoms with E-state index in [1.165, 1.54) is 6.33 Å². The van der Waals surface area contributed by atoms with Gasteiger partial charge in [0.1, 0.15) is 35.4 Å². The monoisotopic (exact) mass is 851 g/mol. The Kier molecular flexibility index (Phi) is 10.7. The Hall–Kier alpha value is -6.88. The number of fused-ring (bicyclic) bond motifs is 2. The number of hydrogen-bond acceptors (Lipinski definition) is 12. The van der Waals surface area contributed by atoms with E-state index in [4.69, 9.17) is 15.6 Å². The minimum absolute atomic E-state index is 0.0572. The molecule has 6 amide bonds. The summed E-state index contributed by atoms with van der Waals surface area (Å²) in [6.07, 6.45) is 5.58. The molecule has 5 aromatic rings. The van der Waals surface area contributed by atoms with Gasteiger partial charge in [-0.25, -0.2) is 19.4 Å². The number of benzene rings is 3. The smallest absolute Gasteiger partial charge is 0.320 e. The molecule has 17 nitrogen and oxygen atoms in total. The highest BCUT2D eigenvalue weighted by atomic mass is 16.5. The van der Waals surface area contributed by atoms with E-state index in [0.717, 1.165) is 89.7 Å². The van der Waals surface area contributed by atoms with Crippen LogP contribution in [0.2, 0.25) is 0 Å². The first-order valence-electron chi connectivity index (χ1n) is 21.9. The summed E-state index contributed by atoms with van der Waals surface area (Å²) in [5.41, 5.74) is 10.2. The lowest BCUT2D eigenvalue weighted by molar-refractivity contribution is -0.136. The Morgan fingerprint density at radius 3 is 2.27 bits per heavy atom. The first-order chi connectivity index (χ1) is 30.7. The van der Waals surface area contributed by atoms with Gasteiger partial charge < -0.3 is 30.1 Å². The highest BCUT2D eigenvalue weighted by Crippen LogP contribution is 2.36. The summed E-state index contributed by atoms with van der Waals surface area (Å²) in [6, 6.07) is 21.9. The number of nitrogen functional groups attached to an aromatic ring is 1. The van der Waals surface area contributed by atoms with Gasteiger partial charge in [-0.2, -0.15) is 5.10 Å². The molecule has 7 heterocycles. The van der Waals surface area contributed by atoms with E-state index in [2.05, 4.69) is 25.1 Å². The lowest BCUT2D eigenvalue weighted by atomic mass is 9.95. The Bertz CT molecular complexity index is 2580. The van der Waals surface area contributed by atoms with Gasteiger partial charge >= 0.3 is 6.03 Å². The first kappa shape index (κ1) is 40.2. The molecule has 4 fully saturated rings. The van der Waals surface area contributed by atoms with Crippen molar-refractivity contribution in [3.05, 3.63) is 90.3 Å². The van der Waals surface area contributed by atoms with Crippen molar-refractivity contribution in [1.82, 2.24) is 44.7 Å². The van der Waals surface area contributed by atoms with Crippen LogP contribution in [0.25, 0.3) is 22.3 Å². The van der Waals surface area contributed by atoms with Gasteiger partial charge in [-0.15, -0.1) is 0 Å². The van der Waals surface area contributed by atoms with Crippen molar-refractivity contribution < 1.29 is 28.7 Å². The zero-order chi connectivity index (χ0) is 43.2. The molecule has 0 spiro atoms. The standard InChI is InChI=1S/C46H49N11O6/c47-41-39-40(30-8-11-34(12-9-30)63-33-6-2-1-3-7-33)51-57(42(39)49-28-48-41)32-5-4-18-52(27-32)26-29-16-19-54(20-17-29)46(62)55-23-21-53(22-24-55)31-10-13-35-36(25-31)45(61)56(44(35)60)37-14-15-38(58)50-43(37)59/h1-3,6-13,25,28-29,32,37H,4-5,14-24,26-27H2,(H2,47,48,49)(H,50,58,59)/t32-,37?/m1/s1. The molecule has 5 aliphatic heterocycles. The van der Waals surface area contributed by atoms with Crippen molar-refractivity contribution in [3.63, 3.8) is 0 Å². The van der Waals surface area contributed by atoms with Crippen molar-refractivity contribution in [1.29, 1.82) is 0 Å². The van der Waals surface area contributed by atoms with Gasteiger partial charge in [-0.3, -0.25) is 29.4 Å². The number of rotatable bonds is 8. The summed E-state index contributed by atoms with van der Waals surface area (Å²) in [6.45, 7) is 6.48. The molecule has 5 aliphatic rings. The number of nitrogens with one attached hydrogen (secondary N) is 1. The summed E-state index contributed by atoms with van der Waals surface area (Å²) in [4.78, 5) is 82.9. The van der Waals surface area contributed by atoms with Crippen LogP contribution in [0.3, 0.4) is 0 Å². The second kappa shape index (κ2) is 16.8. The van der Waals surface area contributed by atoms with Crippen LogP contribution in [0.5, 0.6) is 11.5 Å². The molecule has 0 saturated carbocycles. The van der Waals surface area contributed by atoms with Crippen LogP contribution in [0, 0.1) is 5.92 Å². The third kappa shape index (κ3) is 7.81. The predicted molar refractivity (Wildman–Crippen MR) is 233 cm³/mol. The Morgan fingerprint density at radius 2 is 1.51 bits per heavy atom. The number of carbonyl (C=O) groups excluding carboxylic acids is 5. The van der Waals surface area contributed by atoms with E-state index in [-0.39, 0.29) is 36.0 Å². The fourth-order valence-electron chi connectivity index (χ4n) is 9.84. The number of para-hydroxylation sites is 1. The van der Waals surface area contributed by atoms with Crippen molar-refractivity contribution in [2.45, 2.75) is 50.6 Å². The van der Waals surface area contributed by atoms with E-state index < -0.39 is 29.7 Å². The second-order valence-corrected chi connectivity index (χ2v) is 17.1. The molecular weight excluding hydrogens is 803 g/mol. The van der Waals surface area contributed by atoms with Crippen molar-refractivity contribution in [2.75, 3.05) is 69.5 Å². The largest absolute Gasteiger partial charge is 0.457 e. The van der Waals surface area contributed by atoms with Crippen LogP contribution in [-0.4, -0.2) is 134 Å². The van der Waals surface area contributed by atoms with Crippen LogP contribution in [-0.2, 0) is 9.59 Å². The van der Waals surface area contributed by atoms with Crippen LogP contribution in [0.1, 0.15) is 65.3 Å². The average molecular weight is 852 g/mol. The summed E-state index contributed by atoms with van der Waals surface area (Å²) < 4.78 is 8.07. The van der Waals surface area contributed by atoms with Gasteiger partial charge in [0.25, 0.3) is 11.8 Å². The second-order valence-electron chi connectivity index (χ2n) is 17.1. The number of piperidine rings is 3. The highest BCUT2D eigenvalue weighted by Gasteiger charge is 2.45. The predicted octanol–water partition coefficient (Wildman–Crippen LogP) is 4.56. The number of anilines is 2. The SMILES string of the molecule is Nc1ncnc2c1c(-c1ccc(Oc3ccccc3)cc1)nn2[C@@H]1CCCN(CC2CCN(C(=O)N3CCN(c4ccc5c(c4)C(=O)N(C4CCC(=O)NC4=O)C5=O)CC3)CC2)C1. The number of ether oxygens (including phenoxy) is 1. The lowest BCUT2D eigenvalue weighted by Gasteiger charge is -2.41. The van der Waals surface area contributed by atoms with E-state index in [1.807, 2.05) is 75.1 Å². The molecule has 3 aromatic carbocycles. The van der Waals surface area contributed by atoms with Crippen LogP contribution in [0.4, 0.5) is 16.3 Å². The molecule has 1 unspecified atom stereocenters. The first-order valence-corrected chi connectivity index (χ1v) is 21.9. The minimum Gasteiger partial charge on any atom is -0.457 e. The highest BCUT2D eigenvalue weighted by molar-refractivity contribution is 6.23. The molecule has 324 valence electrons. The number of amides is 6. The van der Waals surface area contributed by atoms with Gasteiger partial charge in [0.2, 0.25) is 11.8 Å². The number of carbonyl (C=O) groups is 5. The van der Waals surface area contributed by atoms with E-state index in [1.54, 1.807) is 12.1 Å². The summed E-state index contributed by atoms with van der Waals surface area (Å²) in [7, 11) is 0. The Labute approximate surface area is 363 Å². The number of hydrogen-bond donors (Lipinski definition) is 2. The van der Waals surface area contributed by atoms with Crippen molar-refractivity contribution in [3.8, 4) is 22.8 Å². The number of piperazine rings is 1. The van der Waals surface area contributed by atoms with Crippen LogP contribution >= 0.6 is 0 Å². The number of nitrogens with zero attached hydrogens (tertiary/aromatic N) is 9. The van der Waals surface area contributed by atoms with Crippen LogP contribution in [0.15, 0.2) is 79.1 Å². The molecule has 2 aromatic heterocycles. The third-order valence-electron chi connectivity index (χ3n) is 13.2. The van der Waals surface area contributed by atoms with Crippen molar-refractivity contribution in [2.24, 2.45) is 5.92 Å². The summed E-state index contributed by atoms with van der Waals surface area (Å²) in [5.74, 6) is 0.281. The van der Waals surface area contributed by atoms with Gasteiger partial charge in [0.05, 0.1) is 22.6 Å². The number of aromatic nitrogens is 4. The maximum Gasteiger partial charge on any atom is 0.320 e. The molecular formula is C46H49N11O6. The molecule has 0 bridgehead atoms. The average Bonchev–Trinajstić information content (AvgIpc) is 3.82. The van der Waals surface area contributed by atoms with Crippen molar-refractivity contribution >= 4 is 52.2 Å². The normalized spacial score (nSPS) is 21.3. The topological polar surface area (TPSA) is 192 Å². The fraction of sp³-hybridized carbons (Fsp3) is 0.391. The van der Waals surface area contributed by atoms with E-state index in [9.17, 15) is 24.0 Å². The maximum absolute atomic E-state index is 13.7.